The van der Waals surface area contributed by atoms with E-state index < -0.39 is 0 Å². The van der Waals surface area contributed by atoms with Gasteiger partial charge in [0, 0.05) is 33.6 Å². The first-order valence-corrected chi connectivity index (χ1v) is 12.6. The lowest BCUT2D eigenvalue weighted by atomic mass is 9.82. The maximum Gasteiger partial charge on any atom is 0.0411 e. The number of anilines is 2. The van der Waals surface area contributed by atoms with Gasteiger partial charge in [-0.25, -0.2) is 0 Å². The highest BCUT2D eigenvalue weighted by atomic mass is 32.1. The molecular weight excluding hydrogens is 430 g/mol. The Morgan fingerprint density at radius 1 is 0.559 bits per heavy atom. The van der Waals surface area contributed by atoms with E-state index in [1.807, 2.05) is 11.3 Å². The van der Waals surface area contributed by atoms with Crippen LogP contribution in [0, 0.1) is 0 Å². The van der Waals surface area contributed by atoms with E-state index >= 15 is 0 Å². The molecule has 0 spiro atoms. The van der Waals surface area contributed by atoms with Gasteiger partial charge in [-0.15, -0.1) is 11.3 Å². The first kappa shape index (κ1) is 20.9. The lowest BCUT2D eigenvalue weighted by Crippen LogP contribution is -2.16. The number of nitrogens with zero attached hydrogens (tertiary/aromatic N) is 1. The van der Waals surface area contributed by atoms with Crippen LogP contribution >= 0.6 is 11.3 Å². The van der Waals surface area contributed by atoms with Crippen molar-refractivity contribution in [1.82, 2.24) is 0 Å². The predicted octanol–water partition coefficient (Wildman–Crippen LogP) is 9.16. The molecule has 1 aliphatic rings. The Hall–Kier alpha value is -3.62. The number of benzene rings is 4. The molecule has 0 N–H and O–H groups in total. The minimum absolute atomic E-state index is 0.0161. The molecule has 34 heavy (non-hydrogen) atoms. The quantitative estimate of drug-likeness (QED) is 0.260. The molecule has 0 unspecified atom stereocenters. The van der Waals surface area contributed by atoms with Gasteiger partial charge < -0.3 is 4.90 Å². The summed E-state index contributed by atoms with van der Waals surface area (Å²) >= 11 is 1.84. The average molecular weight is 458 g/mol. The lowest BCUT2D eigenvalue weighted by Gasteiger charge is -2.25. The molecular formula is C32H27NS. The van der Waals surface area contributed by atoms with Gasteiger partial charge in [-0.1, -0.05) is 86.6 Å². The zero-order chi connectivity index (χ0) is 23.3. The standard InChI is InChI=1S/C32H27NS/c1-32(2)28-12-8-7-11-26(28)27-18-17-25(21-29(27)32)33(3)24-15-13-23(14-16-24)31-20-19-30(34-31)22-9-5-4-6-10-22/h4-21H,1-3H3. The molecule has 4 aromatic carbocycles. The lowest BCUT2D eigenvalue weighted by molar-refractivity contribution is 0.660. The molecule has 166 valence electrons. The number of hydrogen-bond acceptors (Lipinski definition) is 2. The van der Waals surface area contributed by atoms with Crippen LogP contribution in [-0.4, -0.2) is 7.05 Å². The van der Waals surface area contributed by atoms with Gasteiger partial charge in [-0.3, -0.25) is 0 Å². The van der Waals surface area contributed by atoms with E-state index in [-0.39, 0.29) is 5.41 Å². The van der Waals surface area contributed by atoms with Crippen molar-refractivity contribution >= 4 is 22.7 Å². The highest BCUT2D eigenvalue weighted by molar-refractivity contribution is 7.18. The molecule has 1 aliphatic carbocycles. The highest BCUT2D eigenvalue weighted by Crippen LogP contribution is 2.49. The van der Waals surface area contributed by atoms with Crippen molar-refractivity contribution < 1.29 is 0 Å². The van der Waals surface area contributed by atoms with Crippen LogP contribution in [0.2, 0.25) is 0 Å². The molecule has 0 saturated heterocycles. The van der Waals surface area contributed by atoms with E-state index in [2.05, 4.69) is 135 Å². The van der Waals surface area contributed by atoms with E-state index in [1.165, 1.54) is 54.5 Å². The second kappa shape index (κ2) is 8.00. The molecule has 2 heteroatoms. The third-order valence-electron chi connectivity index (χ3n) is 7.16. The largest absolute Gasteiger partial charge is 0.345 e. The van der Waals surface area contributed by atoms with E-state index in [0.29, 0.717) is 0 Å². The Morgan fingerprint density at radius 3 is 1.88 bits per heavy atom. The molecule has 0 amide bonds. The van der Waals surface area contributed by atoms with Gasteiger partial charge in [0.1, 0.15) is 0 Å². The Balaban J connectivity index is 1.28. The number of hydrogen-bond donors (Lipinski definition) is 0. The Bertz CT molecular complexity index is 1480. The molecule has 1 aromatic heterocycles. The van der Waals surface area contributed by atoms with Crippen molar-refractivity contribution in [3.8, 4) is 32.0 Å². The van der Waals surface area contributed by atoms with E-state index in [0.717, 1.165) is 0 Å². The fourth-order valence-corrected chi connectivity index (χ4v) is 6.17. The molecule has 1 nitrogen and oxygen atoms in total. The second-order valence-corrected chi connectivity index (χ2v) is 10.6. The summed E-state index contributed by atoms with van der Waals surface area (Å²) in [5.74, 6) is 0. The molecule has 0 radical (unpaired) electrons. The zero-order valence-corrected chi connectivity index (χ0v) is 20.6. The maximum atomic E-state index is 2.37. The van der Waals surface area contributed by atoms with Crippen LogP contribution in [-0.2, 0) is 5.41 Å². The van der Waals surface area contributed by atoms with Crippen LogP contribution in [0.3, 0.4) is 0 Å². The molecule has 5 aromatic rings. The van der Waals surface area contributed by atoms with E-state index in [4.69, 9.17) is 0 Å². The Labute approximate surface area is 206 Å². The summed E-state index contributed by atoms with van der Waals surface area (Å²) in [5, 5.41) is 0. The van der Waals surface area contributed by atoms with Gasteiger partial charge in [0.15, 0.2) is 0 Å². The monoisotopic (exact) mass is 457 g/mol. The van der Waals surface area contributed by atoms with Gasteiger partial charge in [0.2, 0.25) is 0 Å². The Morgan fingerprint density at radius 2 is 1.15 bits per heavy atom. The van der Waals surface area contributed by atoms with Crippen LogP contribution in [0.4, 0.5) is 11.4 Å². The predicted molar refractivity (Wildman–Crippen MR) is 147 cm³/mol. The summed E-state index contributed by atoms with van der Waals surface area (Å²) in [5.41, 5.74) is 10.5. The van der Waals surface area contributed by atoms with Gasteiger partial charge in [-0.05, 0) is 69.8 Å². The first-order valence-electron chi connectivity index (χ1n) is 11.8. The van der Waals surface area contributed by atoms with Crippen molar-refractivity contribution in [3.05, 3.63) is 120 Å². The van der Waals surface area contributed by atoms with Gasteiger partial charge in [0.05, 0.1) is 0 Å². The summed E-state index contributed by atoms with van der Waals surface area (Å²) in [6, 6.07) is 39.7. The molecule has 1 heterocycles. The molecule has 0 atom stereocenters. The Kier molecular flexibility index (Phi) is 4.93. The van der Waals surface area contributed by atoms with Crippen molar-refractivity contribution in [2.75, 3.05) is 11.9 Å². The SMILES string of the molecule is CN(c1ccc(-c2ccc(-c3ccccc3)s2)cc1)c1ccc2c(c1)C(C)(C)c1ccccc1-2. The summed E-state index contributed by atoms with van der Waals surface area (Å²) in [7, 11) is 2.16. The third kappa shape index (κ3) is 3.38. The van der Waals surface area contributed by atoms with Crippen molar-refractivity contribution in [3.63, 3.8) is 0 Å². The molecule has 0 saturated carbocycles. The second-order valence-electron chi connectivity index (χ2n) is 9.54. The van der Waals surface area contributed by atoms with Crippen LogP contribution in [0.25, 0.3) is 32.0 Å². The van der Waals surface area contributed by atoms with Gasteiger partial charge in [0.25, 0.3) is 0 Å². The molecule has 0 fully saturated rings. The topological polar surface area (TPSA) is 3.24 Å². The minimum atomic E-state index is 0.0161. The van der Waals surface area contributed by atoms with E-state index in [1.54, 1.807) is 0 Å². The minimum Gasteiger partial charge on any atom is -0.345 e. The number of fused-ring (bicyclic) bond motifs is 3. The van der Waals surface area contributed by atoms with Crippen LogP contribution in [0.1, 0.15) is 25.0 Å². The van der Waals surface area contributed by atoms with Gasteiger partial charge in [-0.2, -0.15) is 0 Å². The molecule has 0 aliphatic heterocycles. The summed E-state index contributed by atoms with van der Waals surface area (Å²) in [6.45, 7) is 4.67. The first-order chi connectivity index (χ1) is 16.5. The fourth-order valence-electron chi connectivity index (χ4n) is 5.15. The number of thiophene rings is 1. The summed E-state index contributed by atoms with van der Waals surface area (Å²) in [4.78, 5) is 4.89. The van der Waals surface area contributed by atoms with Crippen molar-refractivity contribution in [2.24, 2.45) is 0 Å². The average Bonchev–Trinajstić information content (AvgIpc) is 3.46. The number of rotatable bonds is 4. The van der Waals surface area contributed by atoms with Crippen molar-refractivity contribution in [2.45, 2.75) is 19.3 Å². The zero-order valence-electron chi connectivity index (χ0n) is 19.7. The smallest absolute Gasteiger partial charge is 0.0411 e. The fraction of sp³-hybridized carbons (Fsp3) is 0.125. The van der Waals surface area contributed by atoms with Crippen LogP contribution < -0.4 is 4.90 Å². The van der Waals surface area contributed by atoms with Gasteiger partial charge >= 0.3 is 0 Å². The maximum absolute atomic E-state index is 2.37. The normalized spacial score (nSPS) is 13.4. The van der Waals surface area contributed by atoms with Crippen LogP contribution in [0.5, 0.6) is 0 Å². The highest BCUT2D eigenvalue weighted by Gasteiger charge is 2.35. The van der Waals surface area contributed by atoms with E-state index in [9.17, 15) is 0 Å². The summed E-state index contributed by atoms with van der Waals surface area (Å²) < 4.78 is 0. The van der Waals surface area contributed by atoms with Crippen molar-refractivity contribution in [1.29, 1.82) is 0 Å². The molecule has 6 rings (SSSR count). The third-order valence-corrected chi connectivity index (χ3v) is 8.34. The summed E-state index contributed by atoms with van der Waals surface area (Å²) in [6.07, 6.45) is 0. The molecule has 0 bridgehead atoms. The van der Waals surface area contributed by atoms with Crippen LogP contribution in [0.15, 0.2) is 109 Å².